The number of nitrogens with zero attached hydrogens (tertiary/aromatic N) is 1. The number of benzene rings is 2. The molecule has 2 aromatic carbocycles. The molecule has 1 aromatic heterocycles. The predicted octanol–water partition coefficient (Wildman–Crippen LogP) is 2.85. The van der Waals surface area contributed by atoms with E-state index in [-0.39, 0.29) is 12.2 Å². The Hall–Kier alpha value is -3.48. The van der Waals surface area contributed by atoms with Gasteiger partial charge in [0.25, 0.3) is 5.91 Å². The highest BCUT2D eigenvalue weighted by molar-refractivity contribution is 6.00. The number of carbonyl (C=O) groups excluding carboxylic acids is 1. The van der Waals surface area contributed by atoms with Crippen LogP contribution in [0.15, 0.2) is 68.9 Å². The maximum absolute atomic E-state index is 12.8. The van der Waals surface area contributed by atoms with E-state index >= 15 is 0 Å². The fourth-order valence-corrected chi connectivity index (χ4v) is 2.23. The second-order valence-corrected chi connectivity index (χ2v) is 5.46. The molecule has 1 N–H and O–H groups in total. The van der Waals surface area contributed by atoms with E-state index in [4.69, 9.17) is 9.15 Å². The van der Waals surface area contributed by atoms with Gasteiger partial charge in [-0.25, -0.2) is 14.6 Å². The molecule has 0 aliphatic carbocycles. The van der Waals surface area contributed by atoms with Crippen LogP contribution in [0, 0.1) is 5.82 Å². The molecule has 0 spiro atoms. The smallest absolute Gasteiger partial charge is 0.345 e. The summed E-state index contributed by atoms with van der Waals surface area (Å²) in [6.45, 7) is 1.29. The van der Waals surface area contributed by atoms with E-state index in [0.717, 1.165) is 5.39 Å². The molecule has 1 amide bonds. The van der Waals surface area contributed by atoms with Gasteiger partial charge in [-0.2, -0.15) is 5.10 Å². The standard InChI is InChI=1S/C19H15FN2O4/c1-12(16-10-13-4-2-3-5-17(13)26-19(16)24)21-22-18(23)11-25-15-8-6-14(20)7-9-15/h2-10H,11H2,1H3,(H,22,23)/b21-12+. The molecular formula is C19H15FN2O4. The fourth-order valence-electron chi connectivity index (χ4n) is 2.23. The normalized spacial score (nSPS) is 11.4. The fraction of sp³-hybridized carbons (Fsp3) is 0.105. The van der Waals surface area contributed by atoms with Gasteiger partial charge in [-0.05, 0) is 43.3 Å². The number of amides is 1. The van der Waals surface area contributed by atoms with Crippen LogP contribution in [0.1, 0.15) is 12.5 Å². The molecule has 0 saturated heterocycles. The zero-order valence-electron chi connectivity index (χ0n) is 13.9. The van der Waals surface area contributed by atoms with Crippen LogP contribution >= 0.6 is 0 Å². The molecule has 1 heterocycles. The molecule has 0 fully saturated rings. The molecule has 3 aromatic rings. The van der Waals surface area contributed by atoms with Crippen molar-refractivity contribution >= 4 is 22.6 Å². The van der Waals surface area contributed by atoms with Gasteiger partial charge in [-0.15, -0.1) is 0 Å². The van der Waals surface area contributed by atoms with Crippen LogP contribution in [0.4, 0.5) is 4.39 Å². The minimum absolute atomic E-state index is 0.253. The Morgan fingerprint density at radius 2 is 1.92 bits per heavy atom. The van der Waals surface area contributed by atoms with Crippen molar-refractivity contribution in [3.8, 4) is 5.75 Å². The maximum Gasteiger partial charge on any atom is 0.345 e. The Morgan fingerprint density at radius 3 is 2.69 bits per heavy atom. The van der Waals surface area contributed by atoms with Gasteiger partial charge in [-0.1, -0.05) is 18.2 Å². The number of hydrazone groups is 1. The van der Waals surface area contributed by atoms with Crippen LogP contribution in [-0.4, -0.2) is 18.2 Å². The second kappa shape index (κ2) is 7.60. The third kappa shape index (κ3) is 4.13. The monoisotopic (exact) mass is 354 g/mol. The zero-order valence-corrected chi connectivity index (χ0v) is 13.9. The van der Waals surface area contributed by atoms with Gasteiger partial charge in [-0.3, -0.25) is 4.79 Å². The van der Waals surface area contributed by atoms with Crippen molar-refractivity contribution in [2.24, 2.45) is 5.10 Å². The lowest BCUT2D eigenvalue weighted by molar-refractivity contribution is -0.123. The van der Waals surface area contributed by atoms with E-state index in [2.05, 4.69) is 10.5 Å². The average Bonchev–Trinajstić information content (AvgIpc) is 2.65. The van der Waals surface area contributed by atoms with E-state index in [1.54, 1.807) is 25.1 Å². The van der Waals surface area contributed by atoms with Gasteiger partial charge in [0.2, 0.25) is 0 Å². The number of nitrogens with one attached hydrogen (secondary N) is 1. The van der Waals surface area contributed by atoms with Crippen LogP contribution in [0.5, 0.6) is 5.75 Å². The van der Waals surface area contributed by atoms with Gasteiger partial charge in [0.1, 0.15) is 17.1 Å². The third-order valence-corrected chi connectivity index (χ3v) is 3.56. The van der Waals surface area contributed by atoms with Crippen LogP contribution < -0.4 is 15.8 Å². The first-order valence-corrected chi connectivity index (χ1v) is 7.78. The molecule has 0 aliphatic rings. The summed E-state index contributed by atoms with van der Waals surface area (Å²) in [6, 6.07) is 14.0. The summed E-state index contributed by atoms with van der Waals surface area (Å²) < 4.78 is 23.2. The summed E-state index contributed by atoms with van der Waals surface area (Å²) in [7, 11) is 0. The van der Waals surface area contributed by atoms with Gasteiger partial charge < -0.3 is 9.15 Å². The number of rotatable bonds is 5. The van der Waals surface area contributed by atoms with Crippen molar-refractivity contribution in [3.05, 3.63) is 76.4 Å². The summed E-state index contributed by atoms with van der Waals surface area (Å²) in [5, 5.41) is 4.66. The number of hydrogen-bond donors (Lipinski definition) is 1. The topological polar surface area (TPSA) is 80.9 Å². The molecule has 3 rings (SSSR count). The molecular weight excluding hydrogens is 339 g/mol. The summed E-state index contributed by atoms with van der Waals surface area (Å²) in [6.07, 6.45) is 0. The molecule has 0 bridgehead atoms. The minimum atomic E-state index is -0.540. The summed E-state index contributed by atoms with van der Waals surface area (Å²) in [5.41, 5.74) is 2.80. The minimum Gasteiger partial charge on any atom is -0.484 e. The Balaban J connectivity index is 1.66. The molecule has 0 aliphatic heterocycles. The van der Waals surface area contributed by atoms with Gasteiger partial charge in [0, 0.05) is 5.39 Å². The third-order valence-electron chi connectivity index (χ3n) is 3.56. The van der Waals surface area contributed by atoms with Crippen LogP contribution in [0.25, 0.3) is 11.0 Å². The number of ether oxygens (including phenoxy) is 1. The Labute approximate surface area is 147 Å². The van der Waals surface area contributed by atoms with Crippen LogP contribution in [0.3, 0.4) is 0 Å². The largest absolute Gasteiger partial charge is 0.484 e. The maximum atomic E-state index is 12.8. The van der Waals surface area contributed by atoms with Gasteiger partial charge in [0.15, 0.2) is 6.61 Å². The molecule has 0 radical (unpaired) electrons. The van der Waals surface area contributed by atoms with Gasteiger partial charge in [0.05, 0.1) is 11.3 Å². The predicted molar refractivity (Wildman–Crippen MR) is 94.7 cm³/mol. The lowest BCUT2D eigenvalue weighted by Crippen LogP contribution is -2.26. The highest BCUT2D eigenvalue weighted by Crippen LogP contribution is 2.13. The summed E-state index contributed by atoms with van der Waals surface area (Å²) in [5.74, 6) is -0.549. The van der Waals surface area contributed by atoms with E-state index < -0.39 is 17.3 Å². The second-order valence-electron chi connectivity index (χ2n) is 5.46. The van der Waals surface area contributed by atoms with E-state index in [0.29, 0.717) is 17.0 Å². The molecule has 26 heavy (non-hydrogen) atoms. The average molecular weight is 354 g/mol. The van der Waals surface area contributed by atoms with Crippen molar-refractivity contribution in [2.45, 2.75) is 6.92 Å². The quantitative estimate of drug-likeness (QED) is 0.434. The van der Waals surface area contributed by atoms with Crippen molar-refractivity contribution in [2.75, 3.05) is 6.61 Å². The number of fused-ring (bicyclic) bond motifs is 1. The molecule has 132 valence electrons. The van der Waals surface area contributed by atoms with Crippen molar-refractivity contribution in [1.82, 2.24) is 5.43 Å². The lowest BCUT2D eigenvalue weighted by Gasteiger charge is -2.06. The van der Waals surface area contributed by atoms with Crippen LogP contribution in [-0.2, 0) is 4.79 Å². The molecule has 7 heteroatoms. The number of hydrogen-bond acceptors (Lipinski definition) is 5. The van der Waals surface area contributed by atoms with Crippen LogP contribution in [0.2, 0.25) is 0 Å². The highest BCUT2D eigenvalue weighted by atomic mass is 19.1. The molecule has 0 unspecified atom stereocenters. The van der Waals surface area contributed by atoms with Crippen molar-refractivity contribution in [1.29, 1.82) is 0 Å². The SMILES string of the molecule is C/C(=N\NC(=O)COc1ccc(F)cc1)c1cc2ccccc2oc1=O. The number of carbonyl (C=O) groups is 1. The number of halogens is 1. The first-order chi connectivity index (χ1) is 12.5. The van der Waals surface area contributed by atoms with Crippen molar-refractivity contribution in [3.63, 3.8) is 0 Å². The Morgan fingerprint density at radius 1 is 1.19 bits per heavy atom. The van der Waals surface area contributed by atoms with E-state index in [9.17, 15) is 14.0 Å². The van der Waals surface area contributed by atoms with E-state index in [1.165, 1.54) is 24.3 Å². The zero-order chi connectivity index (χ0) is 18.5. The molecule has 0 atom stereocenters. The lowest BCUT2D eigenvalue weighted by atomic mass is 10.1. The Bertz CT molecular complexity index is 1030. The molecule has 6 nitrogen and oxygen atoms in total. The van der Waals surface area contributed by atoms with Crippen molar-refractivity contribution < 1.29 is 18.3 Å². The molecule has 0 saturated carbocycles. The first-order valence-electron chi connectivity index (χ1n) is 7.78. The van der Waals surface area contributed by atoms with E-state index in [1.807, 2.05) is 12.1 Å². The van der Waals surface area contributed by atoms with Gasteiger partial charge >= 0.3 is 5.63 Å². The number of para-hydroxylation sites is 1. The first kappa shape index (κ1) is 17.3. The Kier molecular flexibility index (Phi) is 5.07. The summed E-state index contributed by atoms with van der Waals surface area (Å²) in [4.78, 5) is 23.8. The summed E-state index contributed by atoms with van der Waals surface area (Å²) >= 11 is 0. The highest BCUT2D eigenvalue weighted by Gasteiger charge is 2.09.